The number of rotatable bonds is 6. The van der Waals surface area contributed by atoms with E-state index in [1.54, 1.807) is 18.3 Å². The first-order valence-electron chi connectivity index (χ1n) is 8.87. The number of amides is 1. The first-order chi connectivity index (χ1) is 12.3. The van der Waals surface area contributed by atoms with Gasteiger partial charge in [-0.1, -0.05) is 18.2 Å². The number of benzene rings is 1. The number of carbonyl (C=O) groups is 1. The van der Waals surface area contributed by atoms with Gasteiger partial charge in [0.25, 0.3) is 5.91 Å². The first-order valence-corrected chi connectivity index (χ1v) is 8.87. The summed E-state index contributed by atoms with van der Waals surface area (Å²) in [5.74, 6) is 1.09. The van der Waals surface area contributed by atoms with Crippen LogP contribution in [0.5, 0.6) is 5.88 Å². The lowest BCUT2D eigenvalue weighted by atomic mass is 10.2. The van der Waals surface area contributed by atoms with Gasteiger partial charge < -0.3 is 14.4 Å². The molecule has 1 aromatic heterocycles. The third-order valence-corrected chi connectivity index (χ3v) is 4.61. The topological polar surface area (TPSA) is 51.7 Å². The second-order valence-corrected chi connectivity index (χ2v) is 6.68. The molecule has 0 unspecified atom stereocenters. The number of carbonyl (C=O) groups excluding carboxylic acids is 1. The minimum Gasteiger partial charge on any atom is -0.472 e. The average molecular weight is 338 g/mol. The van der Waals surface area contributed by atoms with Crippen LogP contribution in [-0.2, 0) is 4.74 Å². The van der Waals surface area contributed by atoms with Crippen molar-refractivity contribution in [2.24, 2.45) is 5.92 Å². The van der Waals surface area contributed by atoms with Crippen LogP contribution in [0.4, 0.5) is 5.69 Å². The zero-order valence-electron chi connectivity index (χ0n) is 14.1. The predicted molar refractivity (Wildman–Crippen MR) is 94.9 cm³/mol. The second kappa shape index (κ2) is 7.23. The molecule has 2 aromatic rings. The molecule has 0 bridgehead atoms. The van der Waals surface area contributed by atoms with Gasteiger partial charge in [-0.15, -0.1) is 0 Å². The van der Waals surface area contributed by atoms with Gasteiger partial charge in [-0.3, -0.25) is 4.79 Å². The van der Waals surface area contributed by atoms with Crippen molar-refractivity contribution in [3.63, 3.8) is 0 Å². The average Bonchev–Trinajstić information content (AvgIpc) is 3.34. The van der Waals surface area contributed by atoms with Gasteiger partial charge in [-0.05, 0) is 37.0 Å². The third kappa shape index (κ3) is 3.99. The smallest absolute Gasteiger partial charge is 0.258 e. The summed E-state index contributed by atoms with van der Waals surface area (Å²) in [6.07, 6.45) is 4.91. The summed E-state index contributed by atoms with van der Waals surface area (Å²) in [4.78, 5) is 19.2. The Bertz CT molecular complexity index is 725. The highest BCUT2D eigenvalue weighted by molar-refractivity contribution is 6.06. The number of hydrogen-bond acceptors (Lipinski definition) is 4. The molecule has 1 amide bonds. The monoisotopic (exact) mass is 338 g/mol. The highest BCUT2D eigenvalue weighted by Crippen LogP contribution is 2.32. The molecular weight excluding hydrogens is 316 g/mol. The molecule has 0 N–H and O–H groups in total. The molecule has 1 aromatic carbocycles. The van der Waals surface area contributed by atoms with Crippen molar-refractivity contribution in [3.8, 4) is 5.88 Å². The lowest BCUT2D eigenvalue weighted by Crippen LogP contribution is -2.33. The van der Waals surface area contributed by atoms with Gasteiger partial charge in [0, 0.05) is 36.5 Å². The Morgan fingerprint density at radius 1 is 1.20 bits per heavy atom. The maximum absolute atomic E-state index is 13.1. The van der Waals surface area contributed by atoms with Gasteiger partial charge in [0.15, 0.2) is 0 Å². The van der Waals surface area contributed by atoms with Crippen LogP contribution in [0, 0.1) is 5.92 Å². The number of para-hydroxylation sites is 1. The van der Waals surface area contributed by atoms with E-state index in [9.17, 15) is 4.79 Å². The maximum atomic E-state index is 13.1. The minimum absolute atomic E-state index is 0.00646. The van der Waals surface area contributed by atoms with Crippen LogP contribution in [0.2, 0.25) is 0 Å². The molecule has 5 heteroatoms. The van der Waals surface area contributed by atoms with Crippen molar-refractivity contribution in [1.82, 2.24) is 4.98 Å². The summed E-state index contributed by atoms with van der Waals surface area (Å²) >= 11 is 0. The third-order valence-electron chi connectivity index (χ3n) is 4.61. The van der Waals surface area contributed by atoms with Crippen molar-refractivity contribution in [1.29, 1.82) is 0 Å². The van der Waals surface area contributed by atoms with Gasteiger partial charge in [-0.2, -0.15) is 0 Å². The van der Waals surface area contributed by atoms with E-state index in [2.05, 4.69) is 4.98 Å². The van der Waals surface area contributed by atoms with E-state index < -0.39 is 0 Å². The van der Waals surface area contributed by atoms with Gasteiger partial charge in [0.05, 0.1) is 13.2 Å². The van der Waals surface area contributed by atoms with Crippen molar-refractivity contribution in [3.05, 3.63) is 54.2 Å². The Morgan fingerprint density at radius 3 is 2.76 bits per heavy atom. The zero-order valence-corrected chi connectivity index (χ0v) is 14.1. The van der Waals surface area contributed by atoms with Crippen molar-refractivity contribution < 1.29 is 14.3 Å². The fraction of sp³-hybridized carbons (Fsp3) is 0.400. The summed E-state index contributed by atoms with van der Waals surface area (Å²) < 4.78 is 11.2. The molecule has 5 nitrogen and oxygen atoms in total. The Kier molecular flexibility index (Phi) is 4.65. The fourth-order valence-corrected chi connectivity index (χ4v) is 3.01. The number of anilines is 1. The Labute approximate surface area is 147 Å². The highest BCUT2D eigenvalue weighted by Gasteiger charge is 2.28. The SMILES string of the molecule is O=C(c1ccnc(O[C@H]2CCOC2)c1)N(CC1CC1)c1ccccc1. The highest BCUT2D eigenvalue weighted by atomic mass is 16.5. The van der Waals surface area contributed by atoms with Gasteiger partial charge in [-0.25, -0.2) is 4.98 Å². The largest absolute Gasteiger partial charge is 0.472 e. The molecule has 2 fully saturated rings. The van der Waals surface area contributed by atoms with Crippen LogP contribution < -0.4 is 9.64 Å². The Balaban J connectivity index is 1.54. The van der Waals surface area contributed by atoms with Crippen LogP contribution in [0.3, 0.4) is 0 Å². The summed E-state index contributed by atoms with van der Waals surface area (Å²) in [6, 6.07) is 13.3. The van der Waals surface area contributed by atoms with E-state index >= 15 is 0 Å². The van der Waals surface area contributed by atoms with E-state index in [1.807, 2.05) is 35.2 Å². The Hall–Kier alpha value is -2.40. The van der Waals surface area contributed by atoms with Gasteiger partial charge in [0.1, 0.15) is 6.10 Å². The minimum atomic E-state index is -0.00646. The number of aromatic nitrogens is 1. The number of ether oxygens (including phenoxy) is 2. The molecule has 0 spiro atoms. The molecule has 130 valence electrons. The lowest BCUT2D eigenvalue weighted by Gasteiger charge is -2.23. The quantitative estimate of drug-likeness (QED) is 0.811. The van der Waals surface area contributed by atoms with Crippen molar-refractivity contribution in [2.45, 2.75) is 25.4 Å². The summed E-state index contributed by atoms with van der Waals surface area (Å²) in [7, 11) is 0. The molecule has 2 aliphatic rings. The number of pyridine rings is 1. The molecule has 1 saturated carbocycles. The molecule has 1 aliphatic heterocycles. The number of hydrogen-bond donors (Lipinski definition) is 0. The molecular formula is C20H22N2O3. The van der Waals surface area contributed by atoms with E-state index in [4.69, 9.17) is 9.47 Å². The summed E-state index contributed by atoms with van der Waals surface area (Å²) in [5.41, 5.74) is 1.54. The van der Waals surface area contributed by atoms with Crippen LogP contribution in [0.15, 0.2) is 48.7 Å². The number of nitrogens with zero attached hydrogens (tertiary/aromatic N) is 2. The van der Waals surface area contributed by atoms with Gasteiger partial charge in [0.2, 0.25) is 5.88 Å². The summed E-state index contributed by atoms with van der Waals surface area (Å²) in [6.45, 7) is 2.06. The lowest BCUT2D eigenvalue weighted by molar-refractivity contribution is 0.0984. The molecule has 2 heterocycles. The Morgan fingerprint density at radius 2 is 2.04 bits per heavy atom. The standard InChI is InChI=1S/C20H22N2O3/c23-20(22(13-15-6-7-15)17-4-2-1-3-5-17)16-8-10-21-19(12-16)25-18-9-11-24-14-18/h1-5,8,10,12,15,18H,6-7,9,11,13-14H2/t18-/m0/s1. The van der Waals surface area contributed by atoms with Gasteiger partial charge >= 0.3 is 0 Å². The fourth-order valence-electron chi connectivity index (χ4n) is 3.01. The van der Waals surface area contributed by atoms with E-state index in [0.717, 1.165) is 18.7 Å². The molecule has 4 rings (SSSR count). The second-order valence-electron chi connectivity index (χ2n) is 6.68. The van der Waals surface area contributed by atoms with Crippen LogP contribution in [0.1, 0.15) is 29.6 Å². The molecule has 0 radical (unpaired) electrons. The van der Waals surface area contributed by atoms with E-state index in [1.165, 1.54) is 12.8 Å². The molecule has 1 aliphatic carbocycles. The molecule has 25 heavy (non-hydrogen) atoms. The first kappa shape index (κ1) is 16.1. The van der Waals surface area contributed by atoms with E-state index in [-0.39, 0.29) is 12.0 Å². The van der Waals surface area contributed by atoms with Crippen LogP contribution >= 0.6 is 0 Å². The zero-order chi connectivity index (χ0) is 17.1. The van der Waals surface area contributed by atoms with Crippen molar-refractivity contribution in [2.75, 3.05) is 24.7 Å². The van der Waals surface area contributed by atoms with Crippen molar-refractivity contribution >= 4 is 11.6 Å². The van der Waals surface area contributed by atoms with E-state index in [0.29, 0.717) is 30.6 Å². The van der Waals surface area contributed by atoms with Crippen LogP contribution in [0.25, 0.3) is 0 Å². The predicted octanol–water partition coefficient (Wildman–Crippen LogP) is 3.31. The van der Waals surface area contributed by atoms with Crippen LogP contribution in [-0.4, -0.2) is 36.8 Å². The summed E-state index contributed by atoms with van der Waals surface area (Å²) in [5, 5.41) is 0. The normalized spacial score (nSPS) is 19.6. The molecule has 1 atom stereocenters. The molecule has 1 saturated heterocycles. The maximum Gasteiger partial charge on any atom is 0.258 e.